The number of piperazine rings is 1. The normalized spacial score (nSPS) is 17.5. The van der Waals surface area contributed by atoms with Crippen LogP contribution in [0.1, 0.15) is 37.9 Å². The van der Waals surface area contributed by atoms with Gasteiger partial charge in [-0.25, -0.2) is 0 Å². The van der Waals surface area contributed by atoms with Crippen molar-refractivity contribution in [1.29, 1.82) is 5.26 Å². The lowest BCUT2D eigenvalue weighted by atomic mass is 9.90. The monoisotopic (exact) mass is 404 g/mol. The molecule has 30 heavy (non-hydrogen) atoms. The van der Waals surface area contributed by atoms with Crippen molar-refractivity contribution < 1.29 is 4.79 Å². The Balaban J connectivity index is 1.63. The van der Waals surface area contributed by atoms with Gasteiger partial charge in [-0.05, 0) is 24.0 Å². The smallest absolute Gasteiger partial charge is 0.235 e. The molecule has 0 aliphatic carbocycles. The van der Waals surface area contributed by atoms with Gasteiger partial charge in [-0.3, -0.25) is 14.6 Å². The second kappa shape index (κ2) is 9.88. The molecule has 1 saturated heterocycles. The molecule has 1 atom stereocenters. The van der Waals surface area contributed by atoms with Crippen molar-refractivity contribution >= 4 is 5.91 Å². The Kier molecular flexibility index (Phi) is 7.25. The molecule has 1 heterocycles. The second-order valence-electron chi connectivity index (χ2n) is 8.55. The molecule has 1 N–H and O–H groups in total. The molecule has 0 spiro atoms. The van der Waals surface area contributed by atoms with Crippen molar-refractivity contribution in [3.05, 3.63) is 71.8 Å². The van der Waals surface area contributed by atoms with E-state index in [4.69, 9.17) is 0 Å². The molecule has 2 aromatic carbocycles. The molecule has 3 rings (SSSR count). The SMILES string of the molecule is CC(C)C(C)(C#N)NC(=O)CN1CCN(C(c2ccccc2)c2ccccc2)CC1. The average Bonchev–Trinajstić information content (AvgIpc) is 2.76. The second-order valence-corrected chi connectivity index (χ2v) is 8.55. The van der Waals surface area contributed by atoms with Crippen LogP contribution in [0.2, 0.25) is 0 Å². The summed E-state index contributed by atoms with van der Waals surface area (Å²) in [6.45, 7) is 9.47. The van der Waals surface area contributed by atoms with E-state index in [2.05, 4.69) is 69.7 Å². The minimum Gasteiger partial charge on any atom is -0.337 e. The minimum atomic E-state index is -0.829. The largest absolute Gasteiger partial charge is 0.337 e. The zero-order chi connectivity index (χ0) is 21.6. The Hall–Kier alpha value is -2.68. The molecule has 0 radical (unpaired) electrons. The third kappa shape index (κ3) is 5.27. The molecule has 1 unspecified atom stereocenters. The van der Waals surface area contributed by atoms with Crippen molar-refractivity contribution in [2.45, 2.75) is 32.4 Å². The zero-order valence-corrected chi connectivity index (χ0v) is 18.2. The molecule has 1 fully saturated rings. The first kappa shape index (κ1) is 22.0. The van der Waals surface area contributed by atoms with Crippen molar-refractivity contribution in [2.75, 3.05) is 32.7 Å². The van der Waals surface area contributed by atoms with Crippen LogP contribution < -0.4 is 5.32 Å². The van der Waals surface area contributed by atoms with Crippen LogP contribution in [0, 0.1) is 17.2 Å². The number of nitrogens with one attached hydrogen (secondary N) is 1. The molecular weight excluding hydrogens is 372 g/mol. The van der Waals surface area contributed by atoms with Gasteiger partial charge in [0.1, 0.15) is 5.54 Å². The van der Waals surface area contributed by atoms with Crippen molar-refractivity contribution in [3.63, 3.8) is 0 Å². The molecular formula is C25H32N4O. The number of benzene rings is 2. The van der Waals surface area contributed by atoms with E-state index in [9.17, 15) is 10.1 Å². The summed E-state index contributed by atoms with van der Waals surface area (Å²) in [7, 11) is 0. The van der Waals surface area contributed by atoms with E-state index in [1.165, 1.54) is 11.1 Å². The predicted molar refractivity (Wildman–Crippen MR) is 120 cm³/mol. The Morgan fingerprint density at radius 3 is 1.93 bits per heavy atom. The summed E-state index contributed by atoms with van der Waals surface area (Å²) >= 11 is 0. The lowest BCUT2D eigenvalue weighted by Gasteiger charge is -2.40. The predicted octanol–water partition coefficient (Wildman–Crippen LogP) is 3.45. The highest BCUT2D eigenvalue weighted by atomic mass is 16.2. The van der Waals surface area contributed by atoms with Crippen molar-refractivity contribution in [2.24, 2.45) is 5.92 Å². The molecule has 2 aromatic rings. The fourth-order valence-electron chi connectivity index (χ4n) is 3.90. The third-order valence-electron chi connectivity index (χ3n) is 6.16. The fraction of sp³-hybridized carbons (Fsp3) is 0.440. The zero-order valence-electron chi connectivity index (χ0n) is 18.2. The molecule has 1 amide bonds. The van der Waals surface area contributed by atoms with E-state index in [-0.39, 0.29) is 17.9 Å². The van der Waals surface area contributed by atoms with E-state index < -0.39 is 5.54 Å². The summed E-state index contributed by atoms with van der Waals surface area (Å²) in [6, 6.07) is 23.7. The third-order valence-corrected chi connectivity index (χ3v) is 6.16. The van der Waals surface area contributed by atoms with Crippen LogP contribution in [0.3, 0.4) is 0 Å². The maximum Gasteiger partial charge on any atom is 0.235 e. The van der Waals surface area contributed by atoms with Gasteiger partial charge in [-0.1, -0.05) is 74.5 Å². The van der Waals surface area contributed by atoms with Crippen LogP contribution in [-0.4, -0.2) is 54.0 Å². The summed E-state index contributed by atoms with van der Waals surface area (Å²) in [5.74, 6) is -0.0235. The lowest BCUT2D eigenvalue weighted by molar-refractivity contribution is -0.124. The number of nitrogens with zero attached hydrogens (tertiary/aromatic N) is 3. The molecule has 5 nitrogen and oxygen atoms in total. The summed E-state index contributed by atoms with van der Waals surface area (Å²) < 4.78 is 0. The highest BCUT2D eigenvalue weighted by Crippen LogP contribution is 2.29. The van der Waals surface area contributed by atoms with Gasteiger partial charge in [-0.2, -0.15) is 5.26 Å². The summed E-state index contributed by atoms with van der Waals surface area (Å²) in [5, 5.41) is 12.4. The van der Waals surface area contributed by atoms with Crippen LogP contribution in [0.25, 0.3) is 0 Å². The quantitative estimate of drug-likeness (QED) is 0.768. The summed E-state index contributed by atoms with van der Waals surface area (Å²) in [6.07, 6.45) is 0. The van der Waals surface area contributed by atoms with Gasteiger partial charge in [0.25, 0.3) is 0 Å². The van der Waals surface area contributed by atoms with Gasteiger partial charge in [0.15, 0.2) is 0 Å². The van der Waals surface area contributed by atoms with Crippen LogP contribution in [0.4, 0.5) is 0 Å². The van der Waals surface area contributed by atoms with Crippen molar-refractivity contribution in [1.82, 2.24) is 15.1 Å². The van der Waals surface area contributed by atoms with Crippen molar-refractivity contribution in [3.8, 4) is 6.07 Å². The molecule has 0 bridgehead atoms. The van der Waals surface area contributed by atoms with E-state index >= 15 is 0 Å². The Morgan fingerprint density at radius 1 is 1.00 bits per heavy atom. The highest BCUT2D eigenvalue weighted by Gasteiger charge is 2.31. The van der Waals surface area contributed by atoms with Gasteiger partial charge >= 0.3 is 0 Å². The van der Waals surface area contributed by atoms with Gasteiger partial charge < -0.3 is 5.32 Å². The van der Waals surface area contributed by atoms with Crippen LogP contribution >= 0.6 is 0 Å². The topological polar surface area (TPSA) is 59.4 Å². The number of hydrogen-bond acceptors (Lipinski definition) is 4. The minimum absolute atomic E-state index is 0.0563. The van der Waals surface area contributed by atoms with E-state index in [1.807, 2.05) is 26.0 Å². The van der Waals surface area contributed by atoms with E-state index in [0.717, 1.165) is 26.2 Å². The highest BCUT2D eigenvalue weighted by molar-refractivity contribution is 5.79. The van der Waals surface area contributed by atoms with Crippen LogP contribution in [-0.2, 0) is 4.79 Å². The van der Waals surface area contributed by atoms with E-state index in [0.29, 0.717) is 6.54 Å². The first-order valence-corrected chi connectivity index (χ1v) is 10.7. The Bertz CT molecular complexity index is 814. The molecule has 1 aliphatic heterocycles. The number of carbonyl (C=O) groups excluding carboxylic acids is 1. The number of amides is 1. The van der Waals surface area contributed by atoms with Gasteiger partial charge in [-0.15, -0.1) is 0 Å². The Labute approximate surface area is 180 Å². The number of nitriles is 1. The number of rotatable bonds is 7. The summed E-state index contributed by atoms with van der Waals surface area (Å²) in [4.78, 5) is 17.2. The molecule has 158 valence electrons. The molecule has 0 aromatic heterocycles. The number of carbonyl (C=O) groups is 1. The molecule has 0 saturated carbocycles. The molecule has 5 heteroatoms. The fourth-order valence-corrected chi connectivity index (χ4v) is 3.90. The lowest BCUT2D eigenvalue weighted by Crippen LogP contribution is -2.54. The average molecular weight is 405 g/mol. The van der Waals surface area contributed by atoms with Crippen LogP contribution in [0.15, 0.2) is 60.7 Å². The van der Waals surface area contributed by atoms with Gasteiger partial charge in [0.2, 0.25) is 5.91 Å². The van der Waals surface area contributed by atoms with Gasteiger partial charge in [0, 0.05) is 26.2 Å². The molecule has 1 aliphatic rings. The summed E-state index contributed by atoms with van der Waals surface area (Å²) in [5.41, 5.74) is 1.75. The number of hydrogen-bond donors (Lipinski definition) is 1. The maximum atomic E-state index is 12.5. The maximum absolute atomic E-state index is 12.5. The first-order chi connectivity index (χ1) is 14.4. The first-order valence-electron chi connectivity index (χ1n) is 10.7. The standard InChI is InChI=1S/C25H32N4O/c1-20(2)25(3,19-26)27-23(30)18-28-14-16-29(17-15-28)24(21-10-6-4-7-11-21)22-12-8-5-9-13-22/h4-13,20,24H,14-18H2,1-3H3,(H,27,30). The van der Waals surface area contributed by atoms with Gasteiger partial charge in [0.05, 0.1) is 18.7 Å². The Morgan fingerprint density at radius 2 is 1.50 bits per heavy atom. The van der Waals surface area contributed by atoms with Crippen LogP contribution in [0.5, 0.6) is 0 Å². The van der Waals surface area contributed by atoms with E-state index in [1.54, 1.807) is 6.92 Å².